The lowest BCUT2D eigenvalue weighted by Gasteiger charge is -2.13. The molecule has 1 atom stereocenters. The van der Waals surface area contributed by atoms with Gasteiger partial charge in [-0.1, -0.05) is 12.1 Å². The molecule has 2 N–H and O–H groups in total. The van der Waals surface area contributed by atoms with Gasteiger partial charge in [-0.05, 0) is 30.2 Å². The van der Waals surface area contributed by atoms with Gasteiger partial charge in [0.2, 0.25) is 0 Å². The van der Waals surface area contributed by atoms with E-state index in [-0.39, 0.29) is 11.9 Å². The van der Waals surface area contributed by atoms with Crippen molar-refractivity contribution in [2.24, 2.45) is 5.73 Å². The molecule has 0 radical (unpaired) electrons. The van der Waals surface area contributed by atoms with Crippen molar-refractivity contribution in [1.29, 1.82) is 0 Å². The van der Waals surface area contributed by atoms with E-state index in [4.69, 9.17) is 10.5 Å². The zero-order chi connectivity index (χ0) is 10.7. The molecule has 0 spiro atoms. The van der Waals surface area contributed by atoms with Crippen molar-refractivity contribution in [3.63, 3.8) is 0 Å². The van der Waals surface area contributed by atoms with Gasteiger partial charge in [0, 0.05) is 6.42 Å². The van der Waals surface area contributed by atoms with E-state index in [1.54, 1.807) is 6.07 Å². The minimum absolute atomic E-state index is 0.158. The first kappa shape index (κ1) is 10.2. The van der Waals surface area contributed by atoms with Crippen LogP contribution in [0.3, 0.4) is 0 Å². The van der Waals surface area contributed by atoms with Gasteiger partial charge in [-0.15, -0.1) is 0 Å². The van der Waals surface area contributed by atoms with Crippen molar-refractivity contribution in [3.8, 4) is 0 Å². The van der Waals surface area contributed by atoms with E-state index in [0.29, 0.717) is 13.0 Å². The molecule has 2 nitrogen and oxygen atoms in total. The molecule has 1 aromatic carbocycles. The summed E-state index contributed by atoms with van der Waals surface area (Å²) in [6.45, 7) is 0.714. The molecule has 0 aromatic heterocycles. The number of benzene rings is 1. The number of rotatable bonds is 3. The maximum Gasteiger partial charge on any atom is 0.123 e. The number of ether oxygens (including phenoxy) is 1. The first-order valence-electron chi connectivity index (χ1n) is 5.08. The molecule has 1 aliphatic rings. The number of hydrogen-bond donors (Lipinski definition) is 1. The molecule has 3 heteroatoms. The van der Waals surface area contributed by atoms with Gasteiger partial charge in [0.25, 0.3) is 0 Å². The fraction of sp³-hybridized carbons (Fsp3) is 0.333. The Morgan fingerprint density at radius 1 is 1.47 bits per heavy atom. The van der Waals surface area contributed by atoms with Crippen LogP contribution in [0.4, 0.5) is 4.39 Å². The summed E-state index contributed by atoms with van der Waals surface area (Å²) < 4.78 is 18.3. The normalized spacial score (nSPS) is 17.1. The van der Waals surface area contributed by atoms with E-state index in [9.17, 15) is 4.39 Å². The van der Waals surface area contributed by atoms with Crippen LogP contribution in [0, 0.1) is 5.82 Å². The lowest BCUT2D eigenvalue weighted by atomic mass is 10.1. The van der Waals surface area contributed by atoms with Crippen molar-refractivity contribution < 1.29 is 9.13 Å². The monoisotopic (exact) mass is 207 g/mol. The van der Waals surface area contributed by atoms with Gasteiger partial charge >= 0.3 is 0 Å². The van der Waals surface area contributed by atoms with Crippen LogP contribution in [0.25, 0.3) is 0 Å². The highest BCUT2D eigenvalue weighted by molar-refractivity contribution is 5.20. The smallest absolute Gasteiger partial charge is 0.123 e. The number of nitrogens with two attached hydrogens (primary N) is 1. The van der Waals surface area contributed by atoms with E-state index in [1.165, 1.54) is 12.1 Å². The zero-order valence-electron chi connectivity index (χ0n) is 8.45. The Morgan fingerprint density at radius 3 is 3.00 bits per heavy atom. The summed E-state index contributed by atoms with van der Waals surface area (Å²) in [5.41, 5.74) is 6.85. The standard InChI is InChI=1S/C12H14FNO/c13-10-4-1-3-9(7-10)8-11(14)12-5-2-6-15-12/h1,3-5,7,11H,2,6,8,14H2. The van der Waals surface area contributed by atoms with Gasteiger partial charge in [-0.25, -0.2) is 4.39 Å². The fourth-order valence-corrected chi connectivity index (χ4v) is 1.71. The average molecular weight is 207 g/mol. The van der Waals surface area contributed by atoms with Gasteiger partial charge < -0.3 is 10.5 Å². The lowest BCUT2D eigenvalue weighted by Crippen LogP contribution is -2.25. The summed E-state index contributed by atoms with van der Waals surface area (Å²) in [5.74, 6) is 0.611. The van der Waals surface area contributed by atoms with Gasteiger partial charge in [0.1, 0.15) is 11.6 Å². The molecule has 0 aliphatic carbocycles. The van der Waals surface area contributed by atoms with Gasteiger partial charge in [0.05, 0.1) is 12.6 Å². The minimum atomic E-state index is -0.221. The second-order valence-corrected chi connectivity index (χ2v) is 3.68. The third kappa shape index (κ3) is 2.57. The molecule has 0 saturated heterocycles. The Morgan fingerprint density at radius 2 is 2.33 bits per heavy atom. The quantitative estimate of drug-likeness (QED) is 0.822. The summed E-state index contributed by atoms with van der Waals surface area (Å²) in [6, 6.07) is 6.35. The van der Waals surface area contributed by atoms with Gasteiger partial charge in [-0.2, -0.15) is 0 Å². The Balaban J connectivity index is 2.02. The molecule has 0 fully saturated rings. The van der Waals surface area contributed by atoms with Crippen LogP contribution in [-0.4, -0.2) is 12.6 Å². The molecule has 80 valence electrons. The van der Waals surface area contributed by atoms with Crippen LogP contribution in [0.1, 0.15) is 12.0 Å². The zero-order valence-corrected chi connectivity index (χ0v) is 8.45. The van der Waals surface area contributed by atoms with Crippen LogP contribution in [0.5, 0.6) is 0 Å². The van der Waals surface area contributed by atoms with E-state index >= 15 is 0 Å². The van der Waals surface area contributed by atoms with Crippen molar-refractivity contribution >= 4 is 0 Å². The highest BCUT2D eigenvalue weighted by Gasteiger charge is 2.15. The van der Waals surface area contributed by atoms with Crippen LogP contribution < -0.4 is 5.73 Å². The highest BCUT2D eigenvalue weighted by atomic mass is 19.1. The molecule has 1 aromatic rings. The molecule has 15 heavy (non-hydrogen) atoms. The van der Waals surface area contributed by atoms with Crippen molar-refractivity contribution in [1.82, 2.24) is 0 Å². The molecular weight excluding hydrogens is 193 g/mol. The van der Waals surface area contributed by atoms with Crippen molar-refractivity contribution in [2.45, 2.75) is 18.9 Å². The van der Waals surface area contributed by atoms with E-state index in [1.807, 2.05) is 12.1 Å². The lowest BCUT2D eigenvalue weighted by molar-refractivity contribution is 0.224. The average Bonchev–Trinajstić information content (AvgIpc) is 2.70. The van der Waals surface area contributed by atoms with Crippen LogP contribution in [0.2, 0.25) is 0 Å². The second kappa shape index (κ2) is 4.45. The van der Waals surface area contributed by atoms with E-state index in [2.05, 4.69) is 0 Å². The van der Waals surface area contributed by atoms with Crippen LogP contribution >= 0.6 is 0 Å². The Hall–Kier alpha value is -1.35. The third-order valence-electron chi connectivity index (χ3n) is 2.44. The Labute approximate surface area is 88.5 Å². The molecule has 0 amide bonds. The number of halogens is 1. The molecule has 1 aliphatic heterocycles. The minimum Gasteiger partial charge on any atom is -0.496 e. The van der Waals surface area contributed by atoms with Crippen LogP contribution in [0.15, 0.2) is 36.1 Å². The maximum absolute atomic E-state index is 12.9. The third-order valence-corrected chi connectivity index (χ3v) is 2.44. The summed E-state index contributed by atoms with van der Waals surface area (Å²) in [4.78, 5) is 0. The van der Waals surface area contributed by atoms with E-state index < -0.39 is 0 Å². The predicted octanol–water partition coefficient (Wildman–Crippen LogP) is 2.00. The Bertz CT molecular complexity index is 376. The topological polar surface area (TPSA) is 35.2 Å². The highest BCUT2D eigenvalue weighted by Crippen LogP contribution is 2.15. The molecule has 0 bridgehead atoms. The molecule has 0 saturated carbocycles. The first-order chi connectivity index (χ1) is 7.25. The van der Waals surface area contributed by atoms with E-state index in [0.717, 1.165) is 17.7 Å². The van der Waals surface area contributed by atoms with Gasteiger partial charge in [-0.3, -0.25) is 0 Å². The van der Waals surface area contributed by atoms with Crippen molar-refractivity contribution in [2.75, 3.05) is 6.61 Å². The SMILES string of the molecule is NC(Cc1cccc(F)c1)C1=CCCO1. The summed E-state index contributed by atoms with van der Waals surface area (Å²) in [6.07, 6.45) is 3.54. The molecular formula is C12H14FNO. The fourth-order valence-electron chi connectivity index (χ4n) is 1.71. The van der Waals surface area contributed by atoms with Gasteiger partial charge in [0.15, 0.2) is 0 Å². The second-order valence-electron chi connectivity index (χ2n) is 3.68. The summed E-state index contributed by atoms with van der Waals surface area (Å²) in [7, 11) is 0. The Kier molecular flexibility index (Phi) is 3.02. The van der Waals surface area contributed by atoms with Crippen LogP contribution in [-0.2, 0) is 11.2 Å². The largest absolute Gasteiger partial charge is 0.496 e. The molecule has 1 unspecified atom stereocenters. The summed E-state index contributed by atoms with van der Waals surface area (Å²) >= 11 is 0. The predicted molar refractivity (Wildman–Crippen MR) is 56.7 cm³/mol. The molecule has 1 heterocycles. The first-order valence-corrected chi connectivity index (χ1v) is 5.08. The summed E-state index contributed by atoms with van der Waals surface area (Å²) in [5, 5.41) is 0. The molecule has 2 rings (SSSR count). The van der Waals surface area contributed by atoms with Crippen molar-refractivity contribution in [3.05, 3.63) is 47.5 Å². The maximum atomic E-state index is 12.9. The number of hydrogen-bond acceptors (Lipinski definition) is 2.